The van der Waals surface area contributed by atoms with Crippen molar-refractivity contribution in [1.29, 1.82) is 0 Å². The van der Waals surface area contributed by atoms with Crippen molar-refractivity contribution in [1.82, 2.24) is 14.8 Å². The molecular weight excluding hydrogens is 302 g/mol. The summed E-state index contributed by atoms with van der Waals surface area (Å²) >= 11 is 9.40. The normalized spacial score (nSPS) is 10.8. The number of hydrogen-bond donors (Lipinski definition) is 0. The van der Waals surface area contributed by atoms with Gasteiger partial charge in [-0.1, -0.05) is 27.6 Å². The topological polar surface area (TPSA) is 30.7 Å². The predicted molar refractivity (Wildman–Crippen MR) is 73.1 cm³/mol. The number of aromatic nitrogens is 3. The van der Waals surface area contributed by atoms with E-state index in [4.69, 9.17) is 11.6 Å². The van der Waals surface area contributed by atoms with Crippen LogP contribution in [0.4, 0.5) is 0 Å². The summed E-state index contributed by atoms with van der Waals surface area (Å²) < 4.78 is 3.05. The molecule has 90 valence electrons. The largest absolute Gasteiger partial charge is 0.310 e. The predicted octanol–water partition coefficient (Wildman–Crippen LogP) is 3.77. The van der Waals surface area contributed by atoms with Gasteiger partial charge in [-0.2, -0.15) is 0 Å². The summed E-state index contributed by atoms with van der Waals surface area (Å²) in [6.45, 7) is 4.93. The van der Waals surface area contributed by atoms with E-state index in [-0.39, 0.29) is 0 Å². The van der Waals surface area contributed by atoms with E-state index in [1.165, 1.54) is 5.56 Å². The molecule has 1 aromatic carbocycles. The number of hydrogen-bond acceptors (Lipinski definition) is 2. The molecule has 0 bridgehead atoms. The Hall–Kier alpha value is -0.870. The Morgan fingerprint density at radius 1 is 1.35 bits per heavy atom. The Balaban J connectivity index is 2.59. The molecule has 0 saturated carbocycles. The van der Waals surface area contributed by atoms with Crippen LogP contribution in [0.5, 0.6) is 0 Å². The molecule has 0 aliphatic heterocycles. The van der Waals surface area contributed by atoms with Gasteiger partial charge < -0.3 is 4.57 Å². The van der Waals surface area contributed by atoms with E-state index in [1.54, 1.807) is 0 Å². The molecule has 0 atom stereocenters. The summed E-state index contributed by atoms with van der Waals surface area (Å²) in [5.41, 5.74) is 2.25. The molecule has 1 aromatic heterocycles. The minimum absolute atomic E-state index is 0.379. The smallest absolute Gasteiger partial charge is 0.165 e. The first-order valence-corrected chi connectivity index (χ1v) is 6.74. The average molecular weight is 315 g/mol. The van der Waals surface area contributed by atoms with E-state index in [0.29, 0.717) is 5.88 Å². The lowest BCUT2D eigenvalue weighted by atomic mass is 10.1. The lowest BCUT2D eigenvalue weighted by Crippen LogP contribution is -2.02. The number of benzene rings is 1. The van der Waals surface area contributed by atoms with Crippen molar-refractivity contribution >= 4 is 27.5 Å². The van der Waals surface area contributed by atoms with Gasteiger partial charge in [0.1, 0.15) is 5.82 Å². The number of rotatable bonds is 3. The molecule has 0 amide bonds. The molecule has 0 radical (unpaired) electrons. The monoisotopic (exact) mass is 313 g/mol. The second-order valence-electron chi connectivity index (χ2n) is 3.80. The minimum atomic E-state index is 0.379. The first kappa shape index (κ1) is 12.6. The van der Waals surface area contributed by atoms with Crippen LogP contribution in [0.1, 0.15) is 18.3 Å². The summed E-state index contributed by atoms with van der Waals surface area (Å²) in [5.74, 6) is 2.04. The number of nitrogens with zero attached hydrogens (tertiary/aromatic N) is 3. The quantitative estimate of drug-likeness (QED) is 0.807. The first-order valence-electron chi connectivity index (χ1n) is 5.42. The Morgan fingerprint density at radius 3 is 2.76 bits per heavy atom. The maximum Gasteiger partial charge on any atom is 0.165 e. The molecule has 17 heavy (non-hydrogen) atoms. The molecule has 2 rings (SSSR count). The zero-order valence-corrected chi connectivity index (χ0v) is 12.1. The van der Waals surface area contributed by atoms with Gasteiger partial charge >= 0.3 is 0 Å². The molecule has 0 spiro atoms. The molecule has 0 aliphatic rings. The van der Waals surface area contributed by atoms with Crippen LogP contribution in [0, 0.1) is 6.92 Å². The highest BCUT2D eigenvalue weighted by Gasteiger charge is 2.14. The number of alkyl halides is 1. The van der Waals surface area contributed by atoms with E-state index in [1.807, 2.05) is 10.6 Å². The molecule has 0 N–H and O–H groups in total. The fourth-order valence-corrected chi connectivity index (χ4v) is 2.40. The van der Waals surface area contributed by atoms with Gasteiger partial charge in [0.2, 0.25) is 0 Å². The molecule has 3 nitrogen and oxygen atoms in total. The van der Waals surface area contributed by atoms with Crippen LogP contribution < -0.4 is 0 Å². The van der Waals surface area contributed by atoms with Gasteiger partial charge in [-0.15, -0.1) is 21.8 Å². The molecule has 0 saturated heterocycles. The van der Waals surface area contributed by atoms with Gasteiger partial charge in [0, 0.05) is 16.6 Å². The Morgan fingerprint density at radius 2 is 2.12 bits per heavy atom. The fraction of sp³-hybridized carbons (Fsp3) is 0.333. The average Bonchev–Trinajstić information content (AvgIpc) is 2.74. The molecule has 1 heterocycles. The molecule has 0 aliphatic carbocycles. The van der Waals surface area contributed by atoms with Gasteiger partial charge in [-0.3, -0.25) is 0 Å². The van der Waals surface area contributed by atoms with Gasteiger partial charge in [0.25, 0.3) is 0 Å². The van der Waals surface area contributed by atoms with Crippen LogP contribution in [0.25, 0.3) is 11.4 Å². The number of aryl methyl sites for hydroxylation is 1. The molecule has 0 unspecified atom stereocenters. The molecule has 5 heteroatoms. The highest BCUT2D eigenvalue weighted by atomic mass is 79.9. The van der Waals surface area contributed by atoms with Crippen molar-refractivity contribution in [2.24, 2.45) is 0 Å². The van der Waals surface area contributed by atoms with Crippen LogP contribution in [0.2, 0.25) is 0 Å². The zero-order chi connectivity index (χ0) is 12.4. The molecular formula is C12H13BrClN3. The van der Waals surface area contributed by atoms with Crippen LogP contribution in [0.15, 0.2) is 22.7 Å². The van der Waals surface area contributed by atoms with Crippen molar-refractivity contribution in [3.63, 3.8) is 0 Å². The lowest BCUT2D eigenvalue weighted by Gasteiger charge is -2.08. The summed E-state index contributed by atoms with van der Waals surface area (Å²) in [6.07, 6.45) is 0. The summed E-state index contributed by atoms with van der Waals surface area (Å²) in [6, 6.07) is 6.18. The van der Waals surface area contributed by atoms with E-state index < -0.39 is 0 Å². The SMILES string of the molecule is CCn1c(CCl)nnc1-c1cc(C)ccc1Br. The van der Waals surface area contributed by atoms with E-state index in [9.17, 15) is 0 Å². The van der Waals surface area contributed by atoms with Crippen LogP contribution >= 0.6 is 27.5 Å². The van der Waals surface area contributed by atoms with Crippen molar-refractivity contribution < 1.29 is 0 Å². The summed E-state index contributed by atoms with van der Waals surface area (Å²) in [5, 5.41) is 8.34. The Bertz CT molecular complexity index is 537. The van der Waals surface area contributed by atoms with Gasteiger partial charge in [-0.25, -0.2) is 0 Å². The van der Waals surface area contributed by atoms with Gasteiger partial charge in [-0.05, 0) is 26.0 Å². The zero-order valence-electron chi connectivity index (χ0n) is 9.74. The third-order valence-corrected chi connectivity index (χ3v) is 3.56. The van der Waals surface area contributed by atoms with E-state index in [2.05, 4.69) is 52.1 Å². The van der Waals surface area contributed by atoms with Crippen LogP contribution in [-0.2, 0) is 12.4 Å². The van der Waals surface area contributed by atoms with E-state index in [0.717, 1.165) is 28.2 Å². The third-order valence-electron chi connectivity index (χ3n) is 2.63. The first-order chi connectivity index (χ1) is 8.17. The maximum absolute atomic E-state index is 5.85. The van der Waals surface area contributed by atoms with Crippen molar-refractivity contribution in [3.8, 4) is 11.4 Å². The Labute approximate surface area is 114 Å². The van der Waals surface area contributed by atoms with Gasteiger partial charge in [0.15, 0.2) is 5.82 Å². The van der Waals surface area contributed by atoms with Crippen molar-refractivity contribution in [2.45, 2.75) is 26.3 Å². The maximum atomic E-state index is 5.85. The molecule has 0 fully saturated rings. The minimum Gasteiger partial charge on any atom is -0.310 e. The lowest BCUT2D eigenvalue weighted by molar-refractivity contribution is 0.730. The van der Waals surface area contributed by atoms with E-state index >= 15 is 0 Å². The second kappa shape index (κ2) is 5.19. The summed E-state index contributed by atoms with van der Waals surface area (Å²) in [7, 11) is 0. The fourth-order valence-electron chi connectivity index (χ4n) is 1.78. The van der Waals surface area contributed by atoms with Crippen molar-refractivity contribution in [3.05, 3.63) is 34.1 Å². The van der Waals surface area contributed by atoms with Crippen LogP contribution in [0.3, 0.4) is 0 Å². The molecule has 2 aromatic rings. The Kier molecular flexibility index (Phi) is 3.84. The van der Waals surface area contributed by atoms with Crippen molar-refractivity contribution in [2.75, 3.05) is 0 Å². The van der Waals surface area contributed by atoms with Gasteiger partial charge in [0.05, 0.1) is 5.88 Å². The number of halogens is 2. The standard InChI is InChI=1S/C12H13BrClN3/c1-3-17-11(7-14)15-16-12(17)9-6-8(2)4-5-10(9)13/h4-6H,3,7H2,1-2H3. The van der Waals surface area contributed by atoms with Crippen LogP contribution in [-0.4, -0.2) is 14.8 Å². The summed E-state index contributed by atoms with van der Waals surface area (Å²) in [4.78, 5) is 0. The highest BCUT2D eigenvalue weighted by molar-refractivity contribution is 9.10. The highest BCUT2D eigenvalue weighted by Crippen LogP contribution is 2.28. The third kappa shape index (κ3) is 2.38. The second-order valence-corrected chi connectivity index (χ2v) is 4.92.